The zero-order chi connectivity index (χ0) is 46.1. The van der Waals surface area contributed by atoms with E-state index in [4.69, 9.17) is 28.5 Å². The molecule has 1 amide bonds. The normalized spacial score (nSPS) is 35.6. The van der Waals surface area contributed by atoms with Gasteiger partial charge in [-0.25, -0.2) is 4.79 Å². The van der Waals surface area contributed by atoms with Gasteiger partial charge in [-0.1, -0.05) is 64.1 Å². The number of allylic oxidation sites excluding steroid dienone is 2. The molecule has 0 radical (unpaired) electrons. The van der Waals surface area contributed by atoms with Crippen LogP contribution in [0.1, 0.15) is 85.8 Å². The number of nitrogens with one attached hydrogen (secondary N) is 2. The number of carbonyl (C=O) groups excluding carboxylic acids is 4. The van der Waals surface area contributed by atoms with Gasteiger partial charge in [0.1, 0.15) is 41.4 Å². The number of likely N-dealkylation sites (N-methyl/N-ethyl adjacent to an activating group) is 1. The summed E-state index contributed by atoms with van der Waals surface area (Å²) in [5, 5.41) is 14.6. The summed E-state index contributed by atoms with van der Waals surface area (Å²) in [5.41, 5.74) is 1.69. The first kappa shape index (κ1) is 49.4. The first-order valence-electron chi connectivity index (χ1n) is 22.0. The van der Waals surface area contributed by atoms with Gasteiger partial charge in [0.05, 0.1) is 24.5 Å². The third-order valence-electron chi connectivity index (χ3n) is 12.7. The molecule has 0 aromatic carbocycles. The Morgan fingerprint density at radius 2 is 1.75 bits per heavy atom. The fourth-order valence-electron chi connectivity index (χ4n) is 9.20. The van der Waals surface area contributed by atoms with Crippen LogP contribution in [0.5, 0.6) is 0 Å². The van der Waals surface area contributed by atoms with Gasteiger partial charge in [0.25, 0.3) is 0 Å². The highest BCUT2D eigenvalue weighted by Crippen LogP contribution is 2.42. The Kier molecular flexibility index (Phi) is 17.2. The van der Waals surface area contributed by atoms with E-state index >= 15 is 0 Å². The van der Waals surface area contributed by atoms with Crippen LogP contribution in [0.25, 0.3) is 6.08 Å². The Labute approximate surface area is 371 Å². The number of carbonyl (C=O) groups is 4. The second-order valence-corrected chi connectivity index (χ2v) is 17.9. The van der Waals surface area contributed by atoms with Gasteiger partial charge in [-0.3, -0.25) is 29.2 Å². The Morgan fingerprint density at radius 3 is 2.37 bits per heavy atom. The molecule has 16 heteroatoms. The van der Waals surface area contributed by atoms with Crippen molar-refractivity contribution < 1.29 is 52.8 Å². The largest absolute Gasteiger partial charge is 0.461 e. The summed E-state index contributed by atoms with van der Waals surface area (Å²) in [7, 11) is 3.70. The van der Waals surface area contributed by atoms with Gasteiger partial charge >= 0.3 is 18.0 Å². The number of ether oxygens (including phenoxy) is 5. The van der Waals surface area contributed by atoms with Gasteiger partial charge in [0.2, 0.25) is 0 Å². The van der Waals surface area contributed by atoms with Crippen molar-refractivity contribution in [3.05, 3.63) is 78.4 Å². The van der Waals surface area contributed by atoms with Crippen LogP contribution in [-0.4, -0.2) is 125 Å². The van der Waals surface area contributed by atoms with Crippen molar-refractivity contribution in [1.29, 1.82) is 0 Å². The number of nitrogens with zero attached hydrogens (tertiary/aromatic N) is 3. The summed E-state index contributed by atoms with van der Waals surface area (Å²) in [6.45, 7) is 14.2. The highest BCUT2D eigenvalue weighted by atomic mass is 16.7. The van der Waals surface area contributed by atoms with Gasteiger partial charge in [0, 0.05) is 55.1 Å². The van der Waals surface area contributed by atoms with E-state index in [1.807, 2.05) is 57.1 Å². The molecule has 5 rings (SSSR count). The smallest absolute Gasteiger partial charge is 0.408 e. The van der Waals surface area contributed by atoms with Crippen LogP contribution in [0.15, 0.2) is 67.3 Å². The van der Waals surface area contributed by atoms with Crippen LogP contribution in [-0.2, 0) is 49.3 Å². The quantitative estimate of drug-likeness (QED) is 0.146. The van der Waals surface area contributed by atoms with Gasteiger partial charge < -0.3 is 39.0 Å². The predicted octanol–water partition coefficient (Wildman–Crippen LogP) is 5.00. The maximum Gasteiger partial charge on any atom is 0.408 e. The zero-order valence-electron chi connectivity index (χ0n) is 38.3. The molecule has 14 atom stereocenters. The summed E-state index contributed by atoms with van der Waals surface area (Å²) < 4.78 is 32.1. The van der Waals surface area contributed by atoms with E-state index in [-0.39, 0.29) is 37.3 Å². The van der Waals surface area contributed by atoms with E-state index in [1.165, 1.54) is 0 Å². The lowest BCUT2D eigenvalue weighted by molar-refractivity contribution is -0.300. The monoisotopic (exact) mass is 877 g/mol. The summed E-state index contributed by atoms with van der Waals surface area (Å²) in [4.78, 5) is 72.8. The number of cyclic esters (lactones) is 1. The summed E-state index contributed by atoms with van der Waals surface area (Å²) in [5.74, 6) is -4.90. The molecule has 5 heterocycles. The van der Waals surface area contributed by atoms with Crippen molar-refractivity contribution in [2.24, 2.45) is 23.7 Å². The number of hydrogen-bond donors (Lipinski definition) is 3. The third kappa shape index (κ3) is 12.2. The minimum Gasteiger partial charge on any atom is -0.461 e. The lowest BCUT2D eigenvalue weighted by Crippen LogP contribution is -2.73. The predicted molar refractivity (Wildman–Crippen MR) is 233 cm³/mol. The average molecular weight is 878 g/mol. The number of aliphatic hydroxyl groups excluding tert-OH is 1. The van der Waals surface area contributed by atoms with E-state index in [2.05, 4.69) is 20.8 Å². The van der Waals surface area contributed by atoms with E-state index in [9.17, 15) is 24.3 Å². The van der Waals surface area contributed by atoms with E-state index in [0.717, 1.165) is 5.56 Å². The molecule has 0 saturated carbocycles. The molecule has 0 unspecified atom stereocenters. The molecule has 63 heavy (non-hydrogen) atoms. The van der Waals surface area contributed by atoms with Crippen LogP contribution in [0.4, 0.5) is 4.79 Å². The molecule has 2 aromatic heterocycles. The molecule has 346 valence electrons. The van der Waals surface area contributed by atoms with Crippen molar-refractivity contribution in [1.82, 2.24) is 25.7 Å². The molecule has 0 spiro atoms. The van der Waals surface area contributed by atoms with Crippen molar-refractivity contribution in [3.63, 3.8) is 0 Å². The molecule has 3 saturated heterocycles. The molecule has 3 fully saturated rings. The Morgan fingerprint density at radius 1 is 1.03 bits per heavy atom. The molecule has 16 nitrogen and oxygen atoms in total. The number of hydrogen-bond acceptors (Lipinski definition) is 15. The number of amides is 1. The maximum absolute atomic E-state index is 14.5. The fraction of sp³-hybridized carbons (Fsp3) is 0.617. The second kappa shape index (κ2) is 21.9. The molecule has 2 aromatic rings. The molecule has 3 aliphatic rings. The van der Waals surface area contributed by atoms with Crippen molar-refractivity contribution in [3.8, 4) is 0 Å². The minimum absolute atomic E-state index is 0.0611. The van der Waals surface area contributed by atoms with E-state index in [1.54, 1.807) is 90.6 Å². The van der Waals surface area contributed by atoms with E-state index in [0.29, 0.717) is 18.4 Å². The topological polar surface area (TPSA) is 197 Å². The number of ketones is 1. The van der Waals surface area contributed by atoms with Gasteiger partial charge in [0.15, 0.2) is 6.29 Å². The second-order valence-electron chi connectivity index (χ2n) is 17.9. The summed E-state index contributed by atoms with van der Waals surface area (Å²) >= 11 is 0. The van der Waals surface area contributed by atoms with Crippen molar-refractivity contribution >= 4 is 29.9 Å². The highest BCUT2D eigenvalue weighted by Gasteiger charge is 2.58. The summed E-state index contributed by atoms with van der Waals surface area (Å²) in [6.07, 6.45) is 7.56. The molecule has 0 bridgehead atoms. The Balaban J connectivity index is 1.58. The Hall–Kier alpha value is -4.58. The lowest BCUT2D eigenvalue weighted by atomic mass is 9.72. The van der Waals surface area contributed by atoms with Crippen LogP contribution < -0.4 is 10.8 Å². The third-order valence-corrected chi connectivity index (χ3v) is 12.7. The number of fused-ring (bicyclic) bond motifs is 1. The molecule has 0 aliphatic carbocycles. The minimum atomic E-state index is -1.68. The lowest BCUT2D eigenvalue weighted by Gasteiger charge is -2.53. The van der Waals surface area contributed by atoms with Crippen LogP contribution in [0, 0.1) is 23.7 Å². The number of aliphatic hydroxyl groups is 1. The molecule has 3 N–H and O–H groups in total. The maximum atomic E-state index is 14.5. The molecular weight excluding hydrogens is 811 g/mol. The number of rotatable bonds is 12. The number of esters is 2. The average Bonchev–Trinajstić information content (AvgIpc) is 3.24. The number of hydroxylamine groups is 1. The van der Waals surface area contributed by atoms with Crippen LogP contribution in [0.3, 0.4) is 0 Å². The summed E-state index contributed by atoms with van der Waals surface area (Å²) in [6, 6.07) is 6.29. The first-order valence-corrected chi connectivity index (χ1v) is 22.0. The molecule has 3 aliphatic heterocycles. The molecular formula is C47H67N5O11. The standard InChI is InChI=1S/C47H67N5O11/c1-11-36-47(8)41(51-63-47)30(4)38(54)28(2)25-46(7,62-45(57)50-22-14-12-13-17-33-18-15-20-48-26-33)42(61-44-39(55)35(52(9)10)23-29(3)58-44)31(5)40(32(6)43(56)59-36)60-37(53)24-34-19-16-21-49-27-34/h12-21,26-32,35-36,39-42,44,51,55H,11,22-25H2,1-10H3,(H,50,57)/b14-12+,17-13+/t28-,29-,30+,31+,32-,35+,36-,39-,40+,41-,42-,44+,46-,47-/m1/s1. The van der Waals surface area contributed by atoms with Gasteiger partial charge in [-0.05, 0) is 84.3 Å². The first-order chi connectivity index (χ1) is 29.9. The number of aromatic nitrogens is 2. The fourth-order valence-corrected chi connectivity index (χ4v) is 9.20. The van der Waals surface area contributed by atoms with Crippen LogP contribution >= 0.6 is 0 Å². The Bertz CT molecular complexity index is 1900. The van der Waals surface area contributed by atoms with Crippen molar-refractivity contribution in [2.75, 3.05) is 20.6 Å². The van der Waals surface area contributed by atoms with Gasteiger partial charge in [-0.15, -0.1) is 0 Å². The number of Topliss-reactive ketones (excluding diaryl/α,β-unsaturated/α-hetero) is 1. The number of pyridine rings is 2. The SMILES string of the molecule is CC[C@H]1OC(=O)[C@H](C)[C@@H](OC(=O)Cc2cccnc2)[C@H](C)[C@@H](O[C@@H]2O[C@H](C)C[C@H](N(C)C)[C@H]2O)[C@](C)(OC(=O)NC/C=C/C=C/c2cccnc2)C[C@@H](C)C(=O)[C@H](C)[C@H]2NO[C@@]21C. The van der Waals surface area contributed by atoms with E-state index < -0.39 is 89.7 Å². The van der Waals surface area contributed by atoms with Crippen LogP contribution in [0.2, 0.25) is 0 Å². The van der Waals surface area contributed by atoms with Crippen molar-refractivity contribution in [2.45, 2.75) is 141 Å². The van der Waals surface area contributed by atoms with Gasteiger partial charge in [-0.2, -0.15) is 5.48 Å². The highest BCUT2D eigenvalue weighted by molar-refractivity contribution is 5.84. The number of alkyl carbamates (subject to hydrolysis) is 1. The zero-order valence-corrected chi connectivity index (χ0v) is 38.3.